The number of methoxy groups -OCH3 is 1. The van der Waals surface area contributed by atoms with Crippen LogP contribution >= 0.6 is 11.6 Å². The quantitative estimate of drug-likeness (QED) is 0.696. The van der Waals surface area contributed by atoms with Crippen molar-refractivity contribution >= 4 is 23.4 Å². The van der Waals surface area contributed by atoms with Gasteiger partial charge in [0.15, 0.2) is 0 Å². The van der Waals surface area contributed by atoms with Gasteiger partial charge in [0.2, 0.25) is 0 Å². The van der Waals surface area contributed by atoms with Crippen LogP contribution in [-0.4, -0.2) is 65.1 Å². The van der Waals surface area contributed by atoms with E-state index >= 15 is 0 Å². The Labute approximate surface area is 179 Å². The van der Waals surface area contributed by atoms with Crippen molar-refractivity contribution in [1.29, 1.82) is 0 Å². The topological polar surface area (TPSA) is 78.5 Å². The molecule has 30 heavy (non-hydrogen) atoms. The summed E-state index contributed by atoms with van der Waals surface area (Å²) in [5.74, 6) is 0.583. The van der Waals surface area contributed by atoms with E-state index in [4.69, 9.17) is 16.3 Å². The number of nitrogens with zero attached hydrogens (tertiary/aromatic N) is 3. The number of ether oxygens (including phenoxy) is 1. The molecule has 0 unspecified atom stereocenters. The number of nitrogens with one attached hydrogen (secondary N) is 1. The lowest BCUT2D eigenvalue weighted by Gasteiger charge is -2.34. The molecule has 8 heteroatoms. The second-order valence-corrected chi connectivity index (χ2v) is 7.42. The lowest BCUT2D eigenvalue weighted by atomic mass is 10.1. The number of H-pyrrole nitrogens is 1. The maximum atomic E-state index is 12.8. The number of benzene rings is 2. The monoisotopic (exact) mass is 424 g/mol. The average Bonchev–Trinajstić information content (AvgIpc) is 3.29. The zero-order chi connectivity index (χ0) is 21.1. The second kappa shape index (κ2) is 8.59. The normalized spacial score (nSPS) is 13.9. The van der Waals surface area contributed by atoms with E-state index in [1.165, 1.54) is 0 Å². The van der Waals surface area contributed by atoms with Gasteiger partial charge in [0.25, 0.3) is 11.8 Å². The Bertz CT molecular complexity index is 1040. The molecule has 0 atom stereocenters. The largest absolute Gasteiger partial charge is 0.497 e. The van der Waals surface area contributed by atoms with E-state index in [0.29, 0.717) is 48.2 Å². The van der Waals surface area contributed by atoms with Crippen molar-refractivity contribution in [2.24, 2.45) is 0 Å². The summed E-state index contributed by atoms with van der Waals surface area (Å²) in [4.78, 5) is 28.9. The summed E-state index contributed by atoms with van der Waals surface area (Å²) in [7, 11) is 1.61. The zero-order valence-corrected chi connectivity index (χ0v) is 17.2. The number of carbonyl (C=O) groups is 2. The van der Waals surface area contributed by atoms with Crippen molar-refractivity contribution < 1.29 is 14.3 Å². The van der Waals surface area contributed by atoms with Gasteiger partial charge in [-0.1, -0.05) is 11.6 Å². The maximum absolute atomic E-state index is 12.8. The fourth-order valence-electron chi connectivity index (χ4n) is 3.40. The van der Waals surface area contributed by atoms with E-state index in [9.17, 15) is 9.59 Å². The predicted octanol–water partition coefficient (Wildman–Crippen LogP) is 3.34. The molecular formula is C22H21ClN4O3. The van der Waals surface area contributed by atoms with E-state index in [-0.39, 0.29) is 11.8 Å². The number of halogens is 1. The molecule has 0 saturated carbocycles. The number of carbonyl (C=O) groups excluding carboxylic acids is 2. The first-order valence-corrected chi connectivity index (χ1v) is 9.97. The molecule has 1 saturated heterocycles. The molecule has 154 valence electrons. The summed E-state index contributed by atoms with van der Waals surface area (Å²) in [6.07, 6.45) is 0. The van der Waals surface area contributed by atoms with Crippen LogP contribution in [0.25, 0.3) is 11.3 Å². The molecule has 0 spiro atoms. The Kier molecular flexibility index (Phi) is 5.72. The van der Waals surface area contributed by atoms with Crippen LogP contribution in [0.4, 0.5) is 0 Å². The number of hydrogen-bond acceptors (Lipinski definition) is 4. The molecule has 1 aliphatic heterocycles. The van der Waals surface area contributed by atoms with E-state index in [1.54, 1.807) is 47.2 Å². The summed E-state index contributed by atoms with van der Waals surface area (Å²) in [6.45, 7) is 1.89. The van der Waals surface area contributed by atoms with Crippen LogP contribution in [0.3, 0.4) is 0 Å². The molecule has 0 radical (unpaired) electrons. The Morgan fingerprint density at radius 1 is 0.933 bits per heavy atom. The van der Waals surface area contributed by atoms with Gasteiger partial charge >= 0.3 is 0 Å². The number of aromatic amines is 1. The maximum Gasteiger partial charge on any atom is 0.272 e. The average molecular weight is 425 g/mol. The summed E-state index contributed by atoms with van der Waals surface area (Å²) in [5.41, 5.74) is 2.61. The predicted molar refractivity (Wildman–Crippen MR) is 114 cm³/mol. The van der Waals surface area contributed by atoms with Crippen LogP contribution < -0.4 is 4.74 Å². The van der Waals surface area contributed by atoms with Gasteiger partial charge in [-0.15, -0.1) is 0 Å². The van der Waals surface area contributed by atoms with Gasteiger partial charge in [-0.3, -0.25) is 14.7 Å². The van der Waals surface area contributed by atoms with Crippen molar-refractivity contribution in [1.82, 2.24) is 20.0 Å². The molecule has 2 amide bonds. The Balaban J connectivity index is 1.38. The SMILES string of the molecule is COc1ccc(-c2cc(C(=O)N3CCN(C(=O)c4ccc(Cl)cc4)CC3)[nH]n2)cc1. The molecule has 2 heterocycles. The van der Waals surface area contributed by atoms with Gasteiger partial charge in [0, 0.05) is 42.3 Å². The molecule has 0 bridgehead atoms. The second-order valence-electron chi connectivity index (χ2n) is 6.99. The highest BCUT2D eigenvalue weighted by Crippen LogP contribution is 2.22. The van der Waals surface area contributed by atoms with Crippen molar-refractivity contribution in [2.45, 2.75) is 0 Å². The third-order valence-electron chi connectivity index (χ3n) is 5.14. The van der Waals surface area contributed by atoms with Crippen molar-refractivity contribution in [3.63, 3.8) is 0 Å². The Hall–Kier alpha value is -3.32. The van der Waals surface area contributed by atoms with Crippen LogP contribution in [0, 0.1) is 0 Å². The third-order valence-corrected chi connectivity index (χ3v) is 5.39. The van der Waals surface area contributed by atoms with Crippen LogP contribution in [0.1, 0.15) is 20.8 Å². The van der Waals surface area contributed by atoms with Gasteiger partial charge in [-0.25, -0.2) is 0 Å². The third kappa shape index (κ3) is 4.16. The van der Waals surface area contributed by atoms with E-state index in [0.717, 1.165) is 11.3 Å². The van der Waals surface area contributed by atoms with Gasteiger partial charge in [-0.2, -0.15) is 5.10 Å². The molecule has 2 aromatic carbocycles. The van der Waals surface area contributed by atoms with E-state index < -0.39 is 0 Å². The number of piperazine rings is 1. The fraction of sp³-hybridized carbons (Fsp3) is 0.227. The Morgan fingerprint density at radius 3 is 2.13 bits per heavy atom. The molecule has 0 aliphatic carbocycles. The van der Waals surface area contributed by atoms with Crippen LogP contribution in [-0.2, 0) is 0 Å². The molecular weight excluding hydrogens is 404 g/mol. The first-order valence-electron chi connectivity index (χ1n) is 9.59. The fourth-order valence-corrected chi connectivity index (χ4v) is 3.52. The molecule has 3 aromatic rings. The minimum atomic E-state index is -0.124. The molecule has 4 rings (SSSR count). The standard InChI is InChI=1S/C22H21ClN4O3/c1-30-18-8-4-15(5-9-18)19-14-20(25-24-19)22(29)27-12-10-26(11-13-27)21(28)16-2-6-17(23)7-3-16/h2-9,14H,10-13H2,1H3,(H,24,25). The zero-order valence-electron chi connectivity index (χ0n) is 16.5. The van der Waals surface area contributed by atoms with Gasteiger partial charge in [0.05, 0.1) is 12.8 Å². The smallest absolute Gasteiger partial charge is 0.272 e. The first kappa shape index (κ1) is 20.0. The van der Waals surface area contributed by atoms with Gasteiger partial charge < -0.3 is 14.5 Å². The summed E-state index contributed by atoms with van der Waals surface area (Å²) in [6, 6.07) is 16.1. The summed E-state index contributed by atoms with van der Waals surface area (Å²) in [5, 5.41) is 7.68. The minimum Gasteiger partial charge on any atom is -0.497 e. The lowest BCUT2D eigenvalue weighted by Crippen LogP contribution is -2.50. The molecule has 1 fully saturated rings. The number of aromatic nitrogens is 2. The molecule has 1 aliphatic rings. The number of hydrogen-bond donors (Lipinski definition) is 1. The molecule has 1 aromatic heterocycles. The lowest BCUT2D eigenvalue weighted by molar-refractivity contribution is 0.0532. The van der Waals surface area contributed by atoms with Crippen LogP contribution in [0.5, 0.6) is 5.75 Å². The Morgan fingerprint density at radius 2 is 1.53 bits per heavy atom. The first-order chi connectivity index (χ1) is 14.5. The molecule has 1 N–H and O–H groups in total. The van der Waals surface area contributed by atoms with Crippen LogP contribution in [0.2, 0.25) is 5.02 Å². The number of amides is 2. The number of rotatable bonds is 4. The van der Waals surface area contributed by atoms with Crippen molar-refractivity contribution in [2.75, 3.05) is 33.3 Å². The highest BCUT2D eigenvalue weighted by atomic mass is 35.5. The van der Waals surface area contributed by atoms with Crippen molar-refractivity contribution in [3.05, 3.63) is 70.9 Å². The van der Waals surface area contributed by atoms with Gasteiger partial charge in [0.1, 0.15) is 11.4 Å². The van der Waals surface area contributed by atoms with Gasteiger partial charge in [-0.05, 0) is 54.6 Å². The van der Waals surface area contributed by atoms with E-state index in [1.807, 2.05) is 24.3 Å². The molecule has 7 nitrogen and oxygen atoms in total. The minimum absolute atomic E-state index is 0.0536. The summed E-state index contributed by atoms with van der Waals surface area (Å²) >= 11 is 5.89. The van der Waals surface area contributed by atoms with E-state index in [2.05, 4.69) is 10.2 Å². The van der Waals surface area contributed by atoms with Crippen LogP contribution in [0.15, 0.2) is 54.6 Å². The summed E-state index contributed by atoms with van der Waals surface area (Å²) < 4.78 is 5.16. The van der Waals surface area contributed by atoms with Crippen molar-refractivity contribution in [3.8, 4) is 17.0 Å². The highest BCUT2D eigenvalue weighted by Gasteiger charge is 2.26. The highest BCUT2D eigenvalue weighted by molar-refractivity contribution is 6.30.